The number of urea groups is 1. The van der Waals surface area contributed by atoms with Crippen LogP contribution < -0.4 is 10.9 Å². The summed E-state index contributed by atoms with van der Waals surface area (Å²) in [5, 5.41) is 3.99. The minimum atomic E-state index is -0.183. The Labute approximate surface area is 200 Å². The van der Waals surface area contributed by atoms with Gasteiger partial charge in [-0.1, -0.05) is 66.7 Å². The Kier molecular flexibility index (Phi) is 7.12. The number of pyridine rings is 1. The Morgan fingerprint density at radius 3 is 2.38 bits per heavy atom. The first-order chi connectivity index (χ1) is 16.4. The largest absolute Gasteiger partial charge is 0.334 e. The van der Waals surface area contributed by atoms with E-state index < -0.39 is 0 Å². The summed E-state index contributed by atoms with van der Waals surface area (Å²) in [7, 11) is 0. The minimum absolute atomic E-state index is 0.155. The number of aryl methyl sites for hydroxylation is 3. The molecule has 0 spiro atoms. The number of rotatable bonds is 7. The molecule has 2 N–H and O–H groups in total. The Morgan fingerprint density at radius 2 is 1.62 bits per heavy atom. The number of fused-ring (bicyclic) bond motifs is 1. The maximum atomic E-state index is 13.2. The van der Waals surface area contributed by atoms with Gasteiger partial charge in [-0.25, -0.2) is 4.79 Å². The third-order valence-corrected chi connectivity index (χ3v) is 6.48. The Balaban J connectivity index is 1.58. The second-order valence-electron chi connectivity index (χ2n) is 8.84. The van der Waals surface area contributed by atoms with Gasteiger partial charge in [0.15, 0.2) is 0 Å². The summed E-state index contributed by atoms with van der Waals surface area (Å²) < 4.78 is 0. The number of hydrogen-bond donors (Lipinski definition) is 2. The molecule has 0 aliphatic heterocycles. The highest BCUT2D eigenvalue weighted by Crippen LogP contribution is 2.19. The molecule has 0 bridgehead atoms. The second-order valence-corrected chi connectivity index (χ2v) is 8.84. The summed E-state index contributed by atoms with van der Waals surface area (Å²) in [6.07, 6.45) is 0.717. The van der Waals surface area contributed by atoms with Gasteiger partial charge in [0.05, 0.1) is 12.1 Å². The fraction of sp³-hybridized carbons (Fsp3) is 0.241. The van der Waals surface area contributed by atoms with E-state index in [4.69, 9.17) is 0 Å². The standard InChI is InChI=1S/C29H31N3O2/c1-20-13-14-25-17-26(28(33)31-27(25)22(20)3)19-32(16-15-24-12-8-7-9-21(24)2)29(34)30-18-23-10-5-4-6-11-23/h4-14,17H,15-16,18-19H2,1-3H3,(H,30,34)(H,31,33). The van der Waals surface area contributed by atoms with Crippen molar-refractivity contribution in [1.82, 2.24) is 15.2 Å². The van der Waals surface area contributed by atoms with E-state index in [1.165, 1.54) is 11.1 Å². The van der Waals surface area contributed by atoms with Crippen LogP contribution in [0.1, 0.15) is 33.4 Å². The summed E-state index contributed by atoms with van der Waals surface area (Å²) in [5.74, 6) is 0. The average molecular weight is 454 g/mol. The molecule has 0 saturated heterocycles. The summed E-state index contributed by atoms with van der Waals surface area (Å²) in [6.45, 7) is 7.31. The zero-order valence-electron chi connectivity index (χ0n) is 20.0. The summed E-state index contributed by atoms with van der Waals surface area (Å²) in [4.78, 5) is 30.9. The molecule has 5 heteroatoms. The molecule has 0 radical (unpaired) electrons. The van der Waals surface area contributed by atoms with Crippen LogP contribution >= 0.6 is 0 Å². The molecular formula is C29H31N3O2. The molecule has 4 rings (SSSR count). The number of benzene rings is 3. The molecule has 0 aliphatic rings. The van der Waals surface area contributed by atoms with Gasteiger partial charge in [0.25, 0.3) is 5.56 Å². The van der Waals surface area contributed by atoms with Crippen molar-refractivity contribution >= 4 is 16.9 Å². The first kappa shape index (κ1) is 23.3. The lowest BCUT2D eigenvalue weighted by Crippen LogP contribution is -2.41. The van der Waals surface area contributed by atoms with Crippen molar-refractivity contribution in [3.8, 4) is 0 Å². The third-order valence-electron chi connectivity index (χ3n) is 6.48. The van der Waals surface area contributed by atoms with E-state index in [1.54, 1.807) is 4.90 Å². The Morgan fingerprint density at radius 1 is 0.882 bits per heavy atom. The summed E-state index contributed by atoms with van der Waals surface area (Å²) in [6, 6.07) is 23.8. The van der Waals surface area contributed by atoms with E-state index in [2.05, 4.69) is 35.4 Å². The highest BCUT2D eigenvalue weighted by Gasteiger charge is 2.17. The number of hydrogen-bond acceptors (Lipinski definition) is 2. The van der Waals surface area contributed by atoms with Crippen molar-refractivity contribution < 1.29 is 4.79 Å². The molecule has 0 aliphatic carbocycles. The molecule has 1 heterocycles. The van der Waals surface area contributed by atoms with Gasteiger partial charge >= 0.3 is 6.03 Å². The molecule has 5 nitrogen and oxygen atoms in total. The fourth-order valence-corrected chi connectivity index (χ4v) is 4.18. The van der Waals surface area contributed by atoms with Gasteiger partial charge in [0, 0.05) is 18.7 Å². The number of H-pyrrole nitrogens is 1. The summed E-state index contributed by atoms with van der Waals surface area (Å²) >= 11 is 0. The predicted octanol–water partition coefficient (Wildman–Crippen LogP) is 5.41. The number of nitrogens with zero attached hydrogens (tertiary/aromatic N) is 1. The van der Waals surface area contributed by atoms with Gasteiger partial charge in [-0.05, 0) is 66.5 Å². The van der Waals surface area contributed by atoms with E-state index in [0.29, 0.717) is 18.7 Å². The first-order valence-electron chi connectivity index (χ1n) is 11.7. The van der Waals surface area contributed by atoms with Crippen molar-refractivity contribution in [2.45, 2.75) is 40.3 Å². The molecule has 3 aromatic carbocycles. The lowest BCUT2D eigenvalue weighted by atomic mass is 10.0. The second kappa shape index (κ2) is 10.4. The molecule has 0 saturated carbocycles. The lowest BCUT2D eigenvalue weighted by Gasteiger charge is -2.24. The van der Waals surface area contributed by atoms with E-state index >= 15 is 0 Å². The Hall–Kier alpha value is -3.86. The number of carbonyl (C=O) groups excluding carboxylic acids is 1. The van der Waals surface area contributed by atoms with Crippen LogP contribution in [0.2, 0.25) is 0 Å². The van der Waals surface area contributed by atoms with E-state index in [0.717, 1.165) is 34.0 Å². The molecule has 2 amide bonds. The summed E-state index contributed by atoms with van der Waals surface area (Å²) in [5.41, 5.74) is 6.91. The van der Waals surface area contributed by atoms with Crippen LogP contribution in [0.15, 0.2) is 77.6 Å². The van der Waals surface area contributed by atoms with Crippen LogP contribution in [0.3, 0.4) is 0 Å². The molecule has 34 heavy (non-hydrogen) atoms. The van der Waals surface area contributed by atoms with Crippen molar-refractivity contribution in [2.75, 3.05) is 6.54 Å². The monoisotopic (exact) mass is 453 g/mol. The smallest absolute Gasteiger partial charge is 0.317 e. The molecule has 1 aromatic heterocycles. The van der Waals surface area contributed by atoms with Gasteiger partial charge in [0.1, 0.15) is 0 Å². The van der Waals surface area contributed by atoms with Crippen LogP contribution in [0.4, 0.5) is 4.79 Å². The third kappa shape index (κ3) is 5.37. The van der Waals surface area contributed by atoms with Crippen LogP contribution in [-0.2, 0) is 19.5 Å². The number of nitrogens with one attached hydrogen (secondary N) is 2. The van der Waals surface area contributed by atoms with Gasteiger partial charge in [-0.2, -0.15) is 0 Å². The topological polar surface area (TPSA) is 65.2 Å². The van der Waals surface area contributed by atoms with Crippen LogP contribution in [-0.4, -0.2) is 22.5 Å². The van der Waals surface area contributed by atoms with Crippen molar-refractivity contribution in [1.29, 1.82) is 0 Å². The molecule has 0 unspecified atom stereocenters. The van der Waals surface area contributed by atoms with Gasteiger partial charge < -0.3 is 15.2 Å². The highest BCUT2D eigenvalue weighted by atomic mass is 16.2. The molecular weight excluding hydrogens is 422 g/mol. The zero-order chi connectivity index (χ0) is 24.1. The zero-order valence-corrected chi connectivity index (χ0v) is 20.0. The molecule has 4 aromatic rings. The van der Waals surface area contributed by atoms with E-state index in [9.17, 15) is 9.59 Å². The van der Waals surface area contributed by atoms with Crippen LogP contribution in [0.5, 0.6) is 0 Å². The number of amides is 2. The lowest BCUT2D eigenvalue weighted by molar-refractivity contribution is 0.195. The van der Waals surface area contributed by atoms with Gasteiger partial charge in [-0.15, -0.1) is 0 Å². The van der Waals surface area contributed by atoms with Gasteiger partial charge in [0.2, 0.25) is 0 Å². The highest BCUT2D eigenvalue weighted by molar-refractivity contribution is 5.83. The first-order valence-corrected chi connectivity index (χ1v) is 11.7. The van der Waals surface area contributed by atoms with Crippen molar-refractivity contribution in [3.05, 3.63) is 117 Å². The number of aromatic nitrogens is 1. The average Bonchev–Trinajstić information content (AvgIpc) is 2.85. The van der Waals surface area contributed by atoms with E-state index in [-0.39, 0.29) is 18.1 Å². The predicted molar refractivity (Wildman–Crippen MR) is 138 cm³/mol. The van der Waals surface area contributed by atoms with Crippen LogP contribution in [0.25, 0.3) is 10.9 Å². The molecule has 174 valence electrons. The molecule has 0 fully saturated rings. The number of carbonyl (C=O) groups is 1. The SMILES string of the molecule is Cc1ccccc1CCN(Cc1cc2ccc(C)c(C)c2[nH]c1=O)C(=O)NCc1ccccc1. The molecule has 0 atom stereocenters. The van der Waals surface area contributed by atoms with E-state index in [1.807, 2.05) is 68.4 Å². The normalized spacial score (nSPS) is 10.9. The van der Waals surface area contributed by atoms with Crippen LogP contribution in [0, 0.1) is 20.8 Å². The maximum Gasteiger partial charge on any atom is 0.317 e. The number of aromatic amines is 1. The fourth-order valence-electron chi connectivity index (χ4n) is 4.18. The maximum absolute atomic E-state index is 13.2. The van der Waals surface area contributed by atoms with Gasteiger partial charge in [-0.3, -0.25) is 4.79 Å². The minimum Gasteiger partial charge on any atom is -0.334 e. The van der Waals surface area contributed by atoms with Crippen molar-refractivity contribution in [2.24, 2.45) is 0 Å². The quantitative estimate of drug-likeness (QED) is 0.393. The van der Waals surface area contributed by atoms with Crippen molar-refractivity contribution in [3.63, 3.8) is 0 Å². The Bertz CT molecular complexity index is 1360.